The third-order valence-electron chi connectivity index (χ3n) is 2.94. The first kappa shape index (κ1) is 13.5. The van der Waals surface area contributed by atoms with Crippen LogP contribution in [0.4, 0.5) is 13.2 Å². The van der Waals surface area contributed by atoms with Gasteiger partial charge in [-0.3, -0.25) is 4.79 Å². The summed E-state index contributed by atoms with van der Waals surface area (Å²) < 4.78 is 43.1. The van der Waals surface area contributed by atoms with Crippen LogP contribution in [0.3, 0.4) is 0 Å². The van der Waals surface area contributed by atoms with Crippen LogP contribution < -0.4 is 0 Å². The van der Waals surface area contributed by atoms with Gasteiger partial charge in [0.15, 0.2) is 0 Å². The van der Waals surface area contributed by atoms with Gasteiger partial charge in [-0.05, 0) is 24.1 Å². The van der Waals surface area contributed by atoms with Gasteiger partial charge < -0.3 is 9.52 Å². The molecule has 0 aliphatic carbocycles. The summed E-state index contributed by atoms with van der Waals surface area (Å²) in [6.45, 7) is 1.64. The van der Waals surface area contributed by atoms with Gasteiger partial charge in [-0.1, -0.05) is 6.92 Å². The Morgan fingerprint density at radius 2 is 2.11 bits per heavy atom. The van der Waals surface area contributed by atoms with Crippen LogP contribution in [0.25, 0.3) is 11.0 Å². The van der Waals surface area contributed by atoms with E-state index in [2.05, 4.69) is 0 Å². The van der Waals surface area contributed by atoms with Gasteiger partial charge in [0.2, 0.25) is 0 Å². The number of hydrogen-bond acceptors (Lipinski definition) is 2. The zero-order valence-electron chi connectivity index (χ0n) is 9.99. The van der Waals surface area contributed by atoms with Crippen molar-refractivity contribution >= 4 is 16.9 Å². The molecule has 3 nitrogen and oxygen atoms in total. The molecule has 0 bridgehead atoms. The second-order valence-electron chi connectivity index (χ2n) is 4.40. The predicted octanol–water partition coefficient (Wildman–Crippen LogP) is 4.03. The molecule has 0 spiro atoms. The van der Waals surface area contributed by atoms with Crippen molar-refractivity contribution in [3.63, 3.8) is 0 Å². The van der Waals surface area contributed by atoms with E-state index in [9.17, 15) is 18.0 Å². The highest BCUT2D eigenvalue weighted by Gasteiger charge is 2.31. The van der Waals surface area contributed by atoms with Gasteiger partial charge in [0.1, 0.15) is 5.58 Å². The summed E-state index contributed by atoms with van der Waals surface area (Å²) in [6, 6.07) is 3.18. The van der Waals surface area contributed by atoms with E-state index >= 15 is 0 Å². The highest BCUT2D eigenvalue weighted by molar-refractivity contribution is 5.83. The van der Waals surface area contributed by atoms with Crippen LogP contribution in [0, 0.1) is 0 Å². The quantitative estimate of drug-likeness (QED) is 0.917. The number of carboxylic acid groups (broad SMARTS) is 1. The maximum atomic E-state index is 12.6. The third-order valence-corrected chi connectivity index (χ3v) is 2.94. The van der Waals surface area contributed by atoms with E-state index in [1.807, 2.05) is 0 Å². The molecule has 0 saturated carbocycles. The van der Waals surface area contributed by atoms with E-state index in [1.165, 1.54) is 12.3 Å². The molecule has 19 heavy (non-hydrogen) atoms. The first-order valence-corrected chi connectivity index (χ1v) is 5.59. The van der Waals surface area contributed by atoms with Crippen molar-refractivity contribution in [3.05, 3.63) is 35.6 Å². The Balaban J connectivity index is 2.48. The Bertz CT molecular complexity index is 613. The monoisotopic (exact) mass is 272 g/mol. The van der Waals surface area contributed by atoms with Crippen LogP contribution in [0.1, 0.15) is 30.4 Å². The first-order chi connectivity index (χ1) is 8.79. The number of carboxylic acids is 1. The molecule has 102 valence electrons. The molecule has 6 heteroatoms. The van der Waals surface area contributed by atoms with Crippen molar-refractivity contribution in [2.75, 3.05) is 0 Å². The smallest absolute Gasteiger partial charge is 0.416 e. The summed E-state index contributed by atoms with van der Waals surface area (Å²) in [7, 11) is 0. The van der Waals surface area contributed by atoms with Gasteiger partial charge in [0.05, 0.1) is 18.2 Å². The van der Waals surface area contributed by atoms with Crippen molar-refractivity contribution in [1.82, 2.24) is 0 Å². The molecule has 0 radical (unpaired) electrons. The Hall–Kier alpha value is -1.98. The summed E-state index contributed by atoms with van der Waals surface area (Å²) in [5.41, 5.74) is 0.0221. The Kier molecular flexibility index (Phi) is 3.26. The molecule has 2 rings (SSSR count). The molecule has 1 heterocycles. The molecule has 0 saturated heterocycles. The highest BCUT2D eigenvalue weighted by Crippen LogP contribution is 2.35. The number of benzene rings is 1. The second-order valence-corrected chi connectivity index (χ2v) is 4.40. The van der Waals surface area contributed by atoms with E-state index in [4.69, 9.17) is 9.52 Å². The zero-order chi connectivity index (χ0) is 14.2. The van der Waals surface area contributed by atoms with E-state index in [1.54, 1.807) is 6.92 Å². The van der Waals surface area contributed by atoms with Gasteiger partial charge in [0.25, 0.3) is 0 Å². The standard InChI is InChI=1S/C13H11F3O3/c1-7(4-12(17)18)10-6-19-11-3-2-8(5-9(10)11)13(14,15)16/h2-3,5-7H,4H2,1H3,(H,17,18). The average molecular weight is 272 g/mol. The Morgan fingerprint density at radius 1 is 1.42 bits per heavy atom. The van der Waals surface area contributed by atoms with Crippen LogP contribution in [-0.4, -0.2) is 11.1 Å². The molecular weight excluding hydrogens is 261 g/mol. The van der Waals surface area contributed by atoms with Crippen molar-refractivity contribution < 1.29 is 27.5 Å². The molecule has 0 amide bonds. The fourth-order valence-electron chi connectivity index (χ4n) is 1.98. The lowest BCUT2D eigenvalue weighted by Gasteiger charge is -2.09. The molecule has 2 aromatic rings. The van der Waals surface area contributed by atoms with Crippen LogP contribution in [-0.2, 0) is 11.0 Å². The van der Waals surface area contributed by atoms with Crippen LogP contribution in [0.15, 0.2) is 28.9 Å². The van der Waals surface area contributed by atoms with Gasteiger partial charge >= 0.3 is 12.1 Å². The second kappa shape index (κ2) is 4.60. The summed E-state index contributed by atoms with van der Waals surface area (Å²) >= 11 is 0. The lowest BCUT2D eigenvalue weighted by molar-refractivity contribution is -0.138. The molecular formula is C13H11F3O3. The number of furan rings is 1. The minimum absolute atomic E-state index is 0.162. The number of carbonyl (C=O) groups is 1. The van der Waals surface area contributed by atoms with Gasteiger partial charge in [0, 0.05) is 10.9 Å². The van der Waals surface area contributed by atoms with Crippen LogP contribution >= 0.6 is 0 Å². The van der Waals surface area contributed by atoms with Crippen molar-refractivity contribution in [2.45, 2.75) is 25.4 Å². The third kappa shape index (κ3) is 2.72. The zero-order valence-corrected chi connectivity index (χ0v) is 9.99. The fraction of sp³-hybridized carbons (Fsp3) is 0.308. The number of rotatable bonds is 3. The fourth-order valence-corrected chi connectivity index (χ4v) is 1.98. The van der Waals surface area contributed by atoms with E-state index < -0.39 is 23.6 Å². The number of aliphatic carboxylic acids is 1. The maximum Gasteiger partial charge on any atom is 0.416 e. The largest absolute Gasteiger partial charge is 0.481 e. The molecule has 0 fully saturated rings. The van der Waals surface area contributed by atoms with E-state index in [0.29, 0.717) is 16.5 Å². The number of alkyl halides is 3. The minimum Gasteiger partial charge on any atom is -0.481 e. The van der Waals surface area contributed by atoms with Crippen molar-refractivity contribution in [2.24, 2.45) is 0 Å². The highest BCUT2D eigenvalue weighted by atomic mass is 19.4. The molecule has 1 atom stereocenters. The topological polar surface area (TPSA) is 50.4 Å². The van der Waals surface area contributed by atoms with Gasteiger partial charge in [-0.25, -0.2) is 0 Å². The molecule has 1 unspecified atom stereocenters. The summed E-state index contributed by atoms with van der Waals surface area (Å²) in [5, 5.41) is 9.04. The van der Waals surface area contributed by atoms with Crippen molar-refractivity contribution in [1.29, 1.82) is 0 Å². The lowest BCUT2D eigenvalue weighted by atomic mass is 9.96. The predicted molar refractivity (Wildman–Crippen MR) is 61.9 cm³/mol. The molecule has 1 aromatic carbocycles. The lowest BCUT2D eigenvalue weighted by Crippen LogP contribution is -2.05. The summed E-state index contributed by atoms with van der Waals surface area (Å²) in [6.07, 6.45) is -3.28. The average Bonchev–Trinajstić information content (AvgIpc) is 2.69. The van der Waals surface area contributed by atoms with Crippen molar-refractivity contribution in [3.8, 4) is 0 Å². The normalized spacial score (nSPS) is 13.7. The number of fused-ring (bicyclic) bond motifs is 1. The summed E-state index contributed by atoms with van der Waals surface area (Å²) in [5.74, 6) is -1.42. The molecule has 1 N–H and O–H groups in total. The Morgan fingerprint density at radius 3 is 2.68 bits per heavy atom. The summed E-state index contributed by atoms with van der Waals surface area (Å²) in [4.78, 5) is 10.7. The van der Waals surface area contributed by atoms with E-state index in [-0.39, 0.29) is 6.42 Å². The SMILES string of the molecule is CC(CC(=O)O)c1coc2ccc(C(F)(F)F)cc12. The first-order valence-electron chi connectivity index (χ1n) is 5.59. The minimum atomic E-state index is -4.43. The van der Waals surface area contributed by atoms with Gasteiger partial charge in [-0.15, -0.1) is 0 Å². The molecule has 0 aliphatic rings. The number of hydrogen-bond donors (Lipinski definition) is 1. The molecule has 0 aliphatic heterocycles. The number of halogens is 3. The maximum absolute atomic E-state index is 12.6. The van der Waals surface area contributed by atoms with Gasteiger partial charge in [-0.2, -0.15) is 13.2 Å². The van der Waals surface area contributed by atoms with Crippen LogP contribution in [0.2, 0.25) is 0 Å². The van der Waals surface area contributed by atoms with E-state index in [0.717, 1.165) is 12.1 Å². The van der Waals surface area contributed by atoms with Crippen LogP contribution in [0.5, 0.6) is 0 Å². The molecule has 1 aromatic heterocycles. The Labute approximate surface area is 106 Å².